The smallest absolute Gasteiger partial charge is 0.277 e. The molecule has 0 saturated carbocycles. The van der Waals surface area contributed by atoms with E-state index in [1.165, 1.54) is 6.20 Å². The highest BCUT2D eigenvalue weighted by Crippen LogP contribution is 2.22. The topological polar surface area (TPSA) is 80.7 Å². The number of amides is 1. The summed E-state index contributed by atoms with van der Waals surface area (Å²) in [6.07, 6.45) is 1.44. The maximum absolute atomic E-state index is 12.4. The number of anilines is 1. The number of aromatic nitrogens is 4. The molecule has 1 N–H and O–H groups in total. The average Bonchev–Trinajstić information content (AvgIpc) is 3.04. The summed E-state index contributed by atoms with van der Waals surface area (Å²) in [7, 11) is 0. The Hall–Kier alpha value is -2.38. The van der Waals surface area contributed by atoms with Gasteiger partial charge in [0.25, 0.3) is 5.91 Å². The minimum Gasteiger partial charge on any atom is -0.295 e. The van der Waals surface area contributed by atoms with Crippen LogP contribution in [0.1, 0.15) is 36.1 Å². The first kappa shape index (κ1) is 16.5. The minimum atomic E-state index is -0.430. The molecule has 3 aromatic rings. The molecular weight excluding hydrogens is 346 g/mol. The van der Waals surface area contributed by atoms with Crippen molar-refractivity contribution in [2.75, 3.05) is 5.32 Å². The maximum atomic E-state index is 12.4. The summed E-state index contributed by atoms with van der Waals surface area (Å²) in [4.78, 5) is 25.1. The molecular formula is C16H14ClN5OS. The Balaban J connectivity index is 1.81. The van der Waals surface area contributed by atoms with Crippen molar-refractivity contribution in [3.63, 3.8) is 0 Å². The zero-order valence-electron chi connectivity index (χ0n) is 13.0. The van der Waals surface area contributed by atoms with Crippen LogP contribution in [-0.2, 0) is 0 Å². The van der Waals surface area contributed by atoms with Crippen LogP contribution in [0.2, 0.25) is 5.02 Å². The molecule has 0 aliphatic carbocycles. The Labute approximate surface area is 148 Å². The molecule has 0 radical (unpaired) electrons. The lowest BCUT2D eigenvalue weighted by atomic mass is 10.2. The van der Waals surface area contributed by atoms with E-state index in [0.29, 0.717) is 16.8 Å². The summed E-state index contributed by atoms with van der Waals surface area (Å²) in [5, 5.41) is 3.27. The van der Waals surface area contributed by atoms with E-state index in [9.17, 15) is 4.79 Å². The first-order chi connectivity index (χ1) is 11.5. The molecule has 0 spiro atoms. The predicted octanol–water partition coefficient (Wildman–Crippen LogP) is 4.02. The van der Waals surface area contributed by atoms with Gasteiger partial charge in [0.05, 0.1) is 11.2 Å². The Morgan fingerprint density at radius 1 is 1.21 bits per heavy atom. The van der Waals surface area contributed by atoms with Gasteiger partial charge >= 0.3 is 0 Å². The molecule has 8 heteroatoms. The van der Waals surface area contributed by atoms with E-state index in [4.69, 9.17) is 11.6 Å². The zero-order valence-corrected chi connectivity index (χ0v) is 14.6. The molecule has 0 aliphatic heterocycles. The molecule has 0 fully saturated rings. The van der Waals surface area contributed by atoms with Crippen molar-refractivity contribution in [2.45, 2.75) is 19.8 Å². The van der Waals surface area contributed by atoms with Gasteiger partial charge in [-0.3, -0.25) is 10.1 Å². The molecule has 3 rings (SSSR count). The van der Waals surface area contributed by atoms with Crippen LogP contribution < -0.4 is 5.32 Å². The molecule has 0 aliphatic rings. The Morgan fingerprint density at radius 3 is 2.67 bits per heavy atom. The third-order valence-corrected chi connectivity index (χ3v) is 4.08. The number of benzene rings is 1. The quantitative estimate of drug-likeness (QED) is 0.760. The van der Waals surface area contributed by atoms with Crippen molar-refractivity contribution >= 4 is 34.2 Å². The molecule has 1 aromatic carbocycles. The van der Waals surface area contributed by atoms with Crippen molar-refractivity contribution in [1.29, 1.82) is 0 Å². The Morgan fingerprint density at radius 2 is 1.96 bits per heavy atom. The number of hydrogen-bond donors (Lipinski definition) is 1. The van der Waals surface area contributed by atoms with Crippen LogP contribution in [0.15, 0.2) is 36.5 Å². The maximum Gasteiger partial charge on any atom is 0.277 e. The molecule has 1 amide bonds. The minimum absolute atomic E-state index is 0.0972. The second-order valence-corrected chi connectivity index (χ2v) is 6.48. The number of rotatable bonds is 4. The predicted molar refractivity (Wildman–Crippen MR) is 94.4 cm³/mol. The fraction of sp³-hybridized carbons (Fsp3) is 0.188. The van der Waals surface area contributed by atoms with E-state index in [-0.39, 0.29) is 16.6 Å². The van der Waals surface area contributed by atoms with Crippen LogP contribution in [0.3, 0.4) is 0 Å². The molecule has 0 unspecified atom stereocenters. The normalized spacial score (nSPS) is 10.8. The van der Waals surface area contributed by atoms with Gasteiger partial charge in [0.2, 0.25) is 5.13 Å². The van der Waals surface area contributed by atoms with Gasteiger partial charge in [-0.15, -0.1) is 0 Å². The van der Waals surface area contributed by atoms with Gasteiger partial charge in [-0.2, -0.15) is 9.36 Å². The number of nitrogens with zero attached hydrogens (tertiary/aromatic N) is 4. The van der Waals surface area contributed by atoms with Gasteiger partial charge in [-0.1, -0.05) is 55.8 Å². The lowest BCUT2D eigenvalue weighted by molar-refractivity contribution is 0.102. The molecule has 0 bridgehead atoms. The number of halogens is 1. The van der Waals surface area contributed by atoms with Crippen LogP contribution in [0.4, 0.5) is 5.13 Å². The third kappa shape index (κ3) is 3.58. The van der Waals surface area contributed by atoms with Gasteiger partial charge in [0.15, 0.2) is 11.5 Å². The standard InChI is InChI=1S/C16H14ClN5OS/c1-9(2)13-18-8-11(17)12(19-13)15(23)21-16-20-14(22-24-16)10-6-4-3-5-7-10/h3-9H,1-2H3,(H,20,21,22,23). The highest BCUT2D eigenvalue weighted by Gasteiger charge is 2.17. The summed E-state index contributed by atoms with van der Waals surface area (Å²) < 4.78 is 4.25. The monoisotopic (exact) mass is 359 g/mol. The van der Waals surface area contributed by atoms with Gasteiger partial charge in [-0.05, 0) is 0 Å². The van der Waals surface area contributed by atoms with Crippen molar-refractivity contribution in [3.05, 3.63) is 53.1 Å². The van der Waals surface area contributed by atoms with E-state index in [0.717, 1.165) is 17.1 Å². The van der Waals surface area contributed by atoms with Crippen LogP contribution in [-0.4, -0.2) is 25.2 Å². The second-order valence-electron chi connectivity index (χ2n) is 5.32. The molecule has 0 saturated heterocycles. The van der Waals surface area contributed by atoms with E-state index in [2.05, 4.69) is 24.6 Å². The SMILES string of the molecule is CC(C)c1ncc(Cl)c(C(=O)Nc2nc(-c3ccccc3)ns2)n1. The van der Waals surface area contributed by atoms with E-state index in [1.807, 2.05) is 44.2 Å². The van der Waals surface area contributed by atoms with Crippen LogP contribution in [0.5, 0.6) is 0 Å². The van der Waals surface area contributed by atoms with Crippen molar-refractivity contribution in [1.82, 2.24) is 19.3 Å². The largest absolute Gasteiger partial charge is 0.295 e. The van der Waals surface area contributed by atoms with E-state index < -0.39 is 5.91 Å². The van der Waals surface area contributed by atoms with E-state index in [1.54, 1.807) is 0 Å². The average molecular weight is 360 g/mol. The number of nitrogens with one attached hydrogen (secondary N) is 1. The molecule has 2 aromatic heterocycles. The highest BCUT2D eigenvalue weighted by molar-refractivity contribution is 7.10. The third-order valence-electron chi connectivity index (χ3n) is 3.17. The molecule has 6 nitrogen and oxygen atoms in total. The van der Waals surface area contributed by atoms with Crippen molar-refractivity contribution in [3.8, 4) is 11.4 Å². The summed E-state index contributed by atoms with van der Waals surface area (Å²) in [6, 6.07) is 9.54. The fourth-order valence-electron chi connectivity index (χ4n) is 1.95. The molecule has 122 valence electrons. The lowest BCUT2D eigenvalue weighted by Crippen LogP contribution is -2.16. The Bertz CT molecular complexity index is 866. The number of hydrogen-bond acceptors (Lipinski definition) is 6. The van der Waals surface area contributed by atoms with Crippen LogP contribution in [0, 0.1) is 0 Å². The highest BCUT2D eigenvalue weighted by atomic mass is 35.5. The summed E-state index contributed by atoms with van der Waals surface area (Å²) in [5.41, 5.74) is 1.02. The number of carbonyl (C=O) groups excluding carboxylic acids is 1. The first-order valence-corrected chi connectivity index (χ1v) is 8.42. The van der Waals surface area contributed by atoms with Crippen LogP contribution in [0.25, 0.3) is 11.4 Å². The molecule has 2 heterocycles. The Kier molecular flexibility index (Phi) is 4.82. The molecule has 0 atom stereocenters. The molecule has 24 heavy (non-hydrogen) atoms. The number of carbonyl (C=O) groups is 1. The summed E-state index contributed by atoms with van der Waals surface area (Å²) in [6.45, 7) is 3.89. The van der Waals surface area contributed by atoms with Gasteiger partial charge in [0.1, 0.15) is 5.82 Å². The van der Waals surface area contributed by atoms with Crippen molar-refractivity contribution < 1.29 is 4.79 Å². The summed E-state index contributed by atoms with van der Waals surface area (Å²) >= 11 is 7.15. The fourth-order valence-corrected chi connectivity index (χ4v) is 2.71. The lowest BCUT2D eigenvalue weighted by Gasteiger charge is -2.07. The summed E-state index contributed by atoms with van der Waals surface area (Å²) in [5.74, 6) is 0.791. The van der Waals surface area contributed by atoms with Gasteiger partial charge < -0.3 is 0 Å². The van der Waals surface area contributed by atoms with Gasteiger partial charge in [0, 0.05) is 23.0 Å². The second kappa shape index (κ2) is 7.02. The van der Waals surface area contributed by atoms with Crippen molar-refractivity contribution in [2.24, 2.45) is 0 Å². The zero-order chi connectivity index (χ0) is 17.1. The van der Waals surface area contributed by atoms with E-state index >= 15 is 0 Å². The first-order valence-electron chi connectivity index (χ1n) is 7.27. The van der Waals surface area contributed by atoms with Crippen LogP contribution >= 0.6 is 23.1 Å². The van der Waals surface area contributed by atoms with Gasteiger partial charge in [-0.25, -0.2) is 9.97 Å².